The van der Waals surface area contributed by atoms with E-state index in [4.69, 9.17) is 5.26 Å². The second-order valence-corrected chi connectivity index (χ2v) is 2.70. The predicted octanol–water partition coefficient (Wildman–Crippen LogP) is 1.80. The summed E-state index contributed by atoms with van der Waals surface area (Å²) >= 11 is 0. The topological polar surface area (TPSA) is 66.1 Å². The fourth-order valence-corrected chi connectivity index (χ4v) is 1.07. The highest BCUT2D eigenvalue weighted by Crippen LogP contribution is 2.35. The smallest absolute Gasteiger partial charge is 0.267 e. The molecule has 4 nitrogen and oxygen atoms in total. The van der Waals surface area contributed by atoms with Crippen LogP contribution in [0.5, 0.6) is 11.6 Å². The minimum atomic E-state index is -2.83. The molecule has 0 fully saturated rings. The van der Waals surface area contributed by atoms with Crippen molar-refractivity contribution in [2.75, 3.05) is 7.11 Å². The minimum absolute atomic E-state index is 0.115. The second kappa shape index (κ2) is 4.55. The molecule has 1 rings (SSSR count). The van der Waals surface area contributed by atoms with Crippen molar-refractivity contribution in [1.29, 1.82) is 5.26 Å². The van der Waals surface area contributed by atoms with E-state index < -0.39 is 17.7 Å². The molecular formula is C9H8F2N2O2. The molecule has 0 radical (unpaired) electrons. The van der Waals surface area contributed by atoms with Crippen LogP contribution >= 0.6 is 0 Å². The van der Waals surface area contributed by atoms with Gasteiger partial charge in [-0.3, -0.25) is 0 Å². The number of nitriles is 1. The van der Waals surface area contributed by atoms with E-state index in [1.807, 2.05) is 0 Å². The lowest BCUT2D eigenvalue weighted by atomic mass is 10.2. The van der Waals surface area contributed by atoms with Crippen LogP contribution in [0, 0.1) is 11.3 Å². The fraction of sp³-hybridized carbons (Fsp3) is 0.333. The Morgan fingerprint density at radius 2 is 2.33 bits per heavy atom. The molecule has 0 aliphatic carbocycles. The third-order valence-corrected chi connectivity index (χ3v) is 1.73. The molecule has 0 unspecified atom stereocenters. The maximum absolute atomic E-state index is 12.4. The van der Waals surface area contributed by atoms with Gasteiger partial charge in [-0.2, -0.15) is 5.26 Å². The summed E-state index contributed by atoms with van der Waals surface area (Å²) < 4.78 is 29.5. The van der Waals surface area contributed by atoms with Crippen molar-refractivity contribution >= 4 is 0 Å². The van der Waals surface area contributed by atoms with Crippen LogP contribution in [-0.4, -0.2) is 17.2 Å². The van der Waals surface area contributed by atoms with Crippen molar-refractivity contribution in [1.82, 2.24) is 4.98 Å². The van der Waals surface area contributed by atoms with E-state index in [-0.39, 0.29) is 18.0 Å². The van der Waals surface area contributed by atoms with Crippen LogP contribution in [0.1, 0.15) is 17.7 Å². The van der Waals surface area contributed by atoms with Crippen LogP contribution in [0.2, 0.25) is 0 Å². The highest BCUT2D eigenvalue weighted by atomic mass is 19.3. The highest BCUT2D eigenvalue weighted by Gasteiger charge is 2.19. The summed E-state index contributed by atoms with van der Waals surface area (Å²) in [7, 11) is 1.20. The first-order valence-electron chi connectivity index (χ1n) is 4.02. The number of hydrogen-bond acceptors (Lipinski definition) is 4. The Bertz CT molecular complexity index is 402. The highest BCUT2D eigenvalue weighted by molar-refractivity contribution is 5.43. The van der Waals surface area contributed by atoms with Crippen LogP contribution in [-0.2, 0) is 6.42 Å². The number of aromatic nitrogens is 1. The molecule has 6 heteroatoms. The average Bonchev–Trinajstić information content (AvgIpc) is 2.20. The number of nitrogens with zero attached hydrogens (tertiary/aromatic N) is 2. The Hall–Kier alpha value is -1.90. The van der Waals surface area contributed by atoms with Crippen molar-refractivity contribution in [3.05, 3.63) is 17.3 Å². The molecule has 0 saturated carbocycles. The van der Waals surface area contributed by atoms with Crippen molar-refractivity contribution < 1.29 is 18.6 Å². The molecule has 0 aromatic carbocycles. The summed E-state index contributed by atoms with van der Waals surface area (Å²) in [6.45, 7) is 0. The SMILES string of the molecule is COc1nc(CC#N)cc(C(F)F)c1O. The maximum Gasteiger partial charge on any atom is 0.267 e. The van der Waals surface area contributed by atoms with E-state index in [2.05, 4.69) is 9.72 Å². The molecule has 1 aromatic rings. The van der Waals surface area contributed by atoms with Gasteiger partial charge < -0.3 is 9.84 Å². The summed E-state index contributed by atoms with van der Waals surface area (Å²) in [5.74, 6) is -0.979. The summed E-state index contributed by atoms with van der Waals surface area (Å²) in [6, 6.07) is 2.77. The van der Waals surface area contributed by atoms with Gasteiger partial charge in [0.25, 0.3) is 12.3 Å². The minimum Gasteiger partial charge on any atom is -0.503 e. The molecule has 1 N–H and O–H groups in total. The standard InChI is InChI=1S/C9H8F2N2O2/c1-15-9-7(14)6(8(10)11)4-5(13-9)2-3-12/h4,8,14H,2H2,1H3. The molecule has 0 aliphatic rings. The Morgan fingerprint density at radius 3 is 2.80 bits per heavy atom. The molecule has 1 aromatic heterocycles. The lowest BCUT2D eigenvalue weighted by Gasteiger charge is -2.08. The van der Waals surface area contributed by atoms with Crippen LogP contribution in [0.4, 0.5) is 8.78 Å². The van der Waals surface area contributed by atoms with E-state index in [0.717, 1.165) is 6.07 Å². The monoisotopic (exact) mass is 214 g/mol. The van der Waals surface area contributed by atoms with Gasteiger partial charge >= 0.3 is 0 Å². The van der Waals surface area contributed by atoms with Gasteiger partial charge in [0.05, 0.1) is 30.9 Å². The summed E-state index contributed by atoms with van der Waals surface area (Å²) in [5.41, 5.74) is -0.436. The summed E-state index contributed by atoms with van der Waals surface area (Å²) in [5, 5.41) is 17.7. The van der Waals surface area contributed by atoms with Crippen molar-refractivity contribution in [2.24, 2.45) is 0 Å². The third kappa shape index (κ3) is 2.31. The lowest BCUT2D eigenvalue weighted by Crippen LogP contribution is -1.98. The number of pyridine rings is 1. The predicted molar refractivity (Wildman–Crippen MR) is 46.7 cm³/mol. The molecular weight excluding hydrogens is 206 g/mol. The zero-order chi connectivity index (χ0) is 11.4. The Balaban J connectivity index is 3.26. The fourth-order valence-electron chi connectivity index (χ4n) is 1.07. The van der Waals surface area contributed by atoms with Crippen LogP contribution in [0.25, 0.3) is 0 Å². The van der Waals surface area contributed by atoms with E-state index in [0.29, 0.717) is 0 Å². The van der Waals surface area contributed by atoms with Crippen molar-refractivity contribution in [3.63, 3.8) is 0 Å². The molecule has 0 saturated heterocycles. The molecule has 0 spiro atoms. The van der Waals surface area contributed by atoms with Gasteiger partial charge in [0.1, 0.15) is 0 Å². The number of hydrogen-bond donors (Lipinski definition) is 1. The number of rotatable bonds is 3. The van der Waals surface area contributed by atoms with Gasteiger partial charge in [-0.05, 0) is 6.07 Å². The number of methoxy groups -OCH3 is 1. The number of alkyl halides is 2. The Morgan fingerprint density at radius 1 is 1.67 bits per heavy atom. The first-order valence-corrected chi connectivity index (χ1v) is 4.02. The molecule has 0 amide bonds. The van der Waals surface area contributed by atoms with Gasteiger partial charge in [0.2, 0.25) is 0 Å². The van der Waals surface area contributed by atoms with Gasteiger partial charge in [-0.25, -0.2) is 13.8 Å². The largest absolute Gasteiger partial charge is 0.503 e. The van der Waals surface area contributed by atoms with Crippen molar-refractivity contribution in [3.8, 4) is 17.7 Å². The quantitative estimate of drug-likeness (QED) is 0.833. The normalized spacial score (nSPS) is 10.1. The molecule has 15 heavy (non-hydrogen) atoms. The van der Waals surface area contributed by atoms with Crippen molar-refractivity contribution in [2.45, 2.75) is 12.8 Å². The maximum atomic E-state index is 12.4. The van der Waals surface area contributed by atoms with E-state index >= 15 is 0 Å². The molecule has 80 valence electrons. The first-order chi connectivity index (χ1) is 7.10. The average molecular weight is 214 g/mol. The van der Waals surface area contributed by atoms with E-state index in [9.17, 15) is 13.9 Å². The van der Waals surface area contributed by atoms with Gasteiger partial charge in [0.15, 0.2) is 5.75 Å². The zero-order valence-corrected chi connectivity index (χ0v) is 7.87. The van der Waals surface area contributed by atoms with E-state index in [1.54, 1.807) is 6.07 Å². The molecule has 1 heterocycles. The molecule has 0 atom stereocenters. The number of halogens is 2. The third-order valence-electron chi connectivity index (χ3n) is 1.73. The molecule has 0 aliphatic heterocycles. The van der Waals surface area contributed by atoms with Crippen LogP contribution in [0.3, 0.4) is 0 Å². The second-order valence-electron chi connectivity index (χ2n) is 2.70. The van der Waals surface area contributed by atoms with Gasteiger partial charge in [-0.1, -0.05) is 0 Å². The molecule has 0 bridgehead atoms. The summed E-state index contributed by atoms with van der Waals surface area (Å²) in [4.78, 5) is 3.70. The Labute approximate surface area is 84.7 Å². The first kappa shape index (κ1) is 11.2. The van der Waals surface area contributed by atoms with E-state index in [1.165, 1.54) is 7.11 Å². The summed E-state index contributed by atoms with van der Waals surface area (Å²) in [6.07, 6.45) is -2.95. The Kier molecular flexibility index (Phi) is 3.39. The van der Waals surface area contributed by atoms with Gasteiger partial charge in [0, 0.05) is 0 Å². The van der Waals surface area contributed by atoms with Crippen LogP contribution in [0.15, 0.2) is 6.07 Å². The number of ether oxygens (including phenoxy) is 1. The lowest BCUT2D eigenvalue weighted by molar-refractivity contribution is 0.146. The number of aromatic hydroxyl groups is 1. The van der Waals surface area contributed by atoms with Gasteiger partial charge in [-0.15, -0.1) is 0 Å². The van der Waals surface area contributed by atoms with Crippen LogP contribution < -0.4 is 4.74 Å². The zero-order valence-electron chi connectivity index (χ0n) is 7.87.